The highest BCUT2D eigenvalue weighted by atomic mass is 32.1. The number of quaternary nitrogens is 1. The van der Waals surface area contributed by atoms with Crippen molar-refractivity contribution in [1.82, 2.24) is 25.8 Å². The van der Waals surface area contributed by atoms with E-state index in [-0.39, 0.29) is 60.9 Å². The molecular formula is C55H81N8O11S+. The minimum absolute atomic E-state index is 0.0864. The van der Waals surface area contributed by atoms with Crippen molar-refractivity contribution in [3.63, 3.8) is 0 Å². The lowest BCUT2D eigenvalue weighted by molar-refractivity contribution is -0.942. The average molecular weight is 1060 g/mol. The topological polar surface area (TPSA) is 277 Å². The van der Waals surface area contributed by atoms with Crippen LogP contribution >= 0.6 is 11.3 Å². The lowest BCUT2D eigenvalue weighted by Gasteiger charge is -2.44. The van der Waals surface area contributed by atoms with Crippen molar-refractivity contribution < 1.29 is 57.8 Å². The van der Waals surface area contributed by atoms with E-state index >= 15 is 0 Å². The maximum atomic E-state index is 14.8. The summed E-state index contributed by atoms with van der Waals surface area (Å²) in [5.74, 6) is -6.13. The molecule has 5 amide bonds. The van der Waals surface area contributed by atoms with Crippen LogP contribution in [0.5, 0.6) is 0 Å². The van der Waals surface area contributed by atoms with E-state index < -0.39 is 83.9 Å². The number of hydrogen-bond acceptors (Lipinski definition) is 12. The van der Waals surface area contributed by atoms with E-state index in [4.69, 9.17) is 10.5 Å². The molecular weight excluding hydrogens is 981 g/mol. The molecule has 1 fully saturated rings. The summed E-state index contributed by atoms with van der Waals surface area (Å²) in [4.78, 5) is 111. The van der Waals surface area contributed by atoms with Gasteiger partial charge in [-0.05, 0) is 67.6 Å². The van der Waals surface area contributed by atoms with Gasteiger partial charge in [-0.25, -0.2) is 4.98 Å². The van der Waals surface area contributed by atoms with Crippen LogP contribution in [0.2, 0.25) is 0 Å². The summed E-state index contributed by atoms with van der Waals surface area (Å²) in [6, 6.07) is 12.2. The van der Waals surface area contributed by atoms with Crippen molar-refractivity contribution in [1.29, 1.82) is 0 Å². The zero-order chi connectivity index (χ0) is 55.7. The van der Waals surface area contributed by atoms with E-state index in [1.54, 1.807) is 50.2 Å². The van der Waals surface area contributed by atoms with Crippen LogP contribution in [-0.2, 0) is 51.3 Å². The molecule has 2 heterocycles. The van der Waals surface area contributed by atoms with Gasteiger partial charge in [0.2, 0.25) is 17.7 Å². The molecule has 1 aliphatic rings. The number of carboxylic acid groups (broad SMARTS) is 2. The average Bonchev–Trinajstić information content (AvgIpc) is 3.86. The number of thiazole rings is 1. The third-order valence-electron chi connectivity index (χ3n) is 14.4. The van der Waals surface area contributed by atoms with E-state index in [0.29, 0.717) is 47.5 Å². The molecule has 0 bridgehead atoms. The van der Waals surface area contributed by atoms with E-state index in [0.717, 1.165) is 35.3 Å². The molecule has 10 atom stereocenters. The van der Waals surface area contributed by atoms with Gasteiger partial charge in [0, 0.05) is 61.9 Å². The van der Waals surface area contributed by atoms with Crippen LogP contribution in [0.15, 0.2) is 60.0 Å². The SMILES string of the molecule is CC[C@H](C)[C@H](NC(=O)[C@H]1CCCC[N+]1(C)Cc1ccc(NC(=O)C(CCC(=O)O)NC(=O)C(N)C(C)C)cc1)C(=O)N(C)[C@H](C[C@@H](OC(C)=O)c1nc(C(=O)N[C@@H](Cc2ccccc2)C[C@H](C)C(=O)O)cs1)C(C)C. The second kappa shape index (κ2) is 28.6. The van der Waals surface area contributed by atoms with Crippen molar-refractivity contribution in [3.8, 4) is 0 Å². The number of ether oxygens (including phenoxy) is 1. The summed E-state index contributed by atoms with van der Waals surface area (Å²) in [6.07, 6.45) is 2.27. The molecule has 19 nitrogen and oxygen atoms in total. The molecule has 75 heavy (non-hydrogen) atoms. The maximum absolute atomic E-state index is 14.8. The fraction of sp³-hybridized carbons (Fsp3) is 0.582. The number of aliphatic carboxylic acids is 2. The minimum atomic E-state index is -1.12. The summed E-state index contributed by atoms with van der Waals surface area (Å²) in [7, 11) is 3.72. The molecule has 3 unspecified atom stereocenters. The number of likely N-dealkylation sites (N-methyl/N-ethyl adjacent to an activating group) is 2. The number of piperidine rings is 1. The number of nitrogens with two attached hydrogens (primary N) is 1. The first-order valence-corrected chi connectivity index (χ1v) is 27.0. The molecule has 0 aliphatic carbocycles. The normalized spacial score (nSPS) is 18.8. The zero-order valence-electron chi connectivity index (χ0n) is 45.3. The molecule has 412 valence electrons. The molecule has 8 N–H and O–H groups in total. The van der Waals surface area contributed by atoms with Gasteiger partial charge in [-0.15, -0.1) is 11.3 Å². The molecule has 4 rings (SSSR count). The minimum Gasteiger partial charge on any atom is -0.481 e. The first-order valence-electron chi connectivity index (χ1n) is 26.1. The Balaban J connectivity index is 1.49. The summed E-state index contributed by atoms with van der Waals surface area (Å²) in [6.45, 7) is 15.4. The Kier molecular flexibility index (Phi) is 23.4. The molecule has 1 aromatic heterocycles. The van der Waals surface area contributed by atoms with Crippen LogP contribution < -0.4 is 27.0 Å². The smallest absolute Gasteiger partial charge is 0.306 e. The Morgan fingerprint density at radius 2 is 1.53 bits per heavy atom. The number of esters is 1. The number of nitrogens with zero attached hydrogens (tertiary/aromatic N) is 3. The van der Waals surface area contributed by atoms with Crippen LogP contribution in [0.4, 0.5) is 5.69 Å². The number of nitrogens with one attached hydrogen (secondary N) is 4. The van der Waals surface area contributed by atoms with E-state index in [1.807, 2.05) is 77.2 Å². The van der Waals surface area contributed by atoms with Gasteiger partial charge >= 0.3 is 17.9 Å². The lowest BCUT2D eigenvalue weighted by Crippen LogP contribution is -2.63. The Morgan fingerprint density at radius 3 is 2.12 bits per heavy atom. The van der Waals surface area contributed by atoms with Crippen molar-refractivity contribution >= 4 is 64.5 Å². The predicted molar refractivity (Wildman–Crippen MR) is 286 cm³/mol. The van der Waals surface area contributed by atoms with Crippen LogP contribution in [0, 0.1) is 23.7 Å². The highest BCUT2D eigenvalue weighted by molar-refractivity contribution is 7.09. The molecule has 1 saturated heterocycles. The third-order valence-corrected chi connectivity index (χ3v) is 15.4. The van der Waals surface area contributed by atoms with Crippen molar-refractivity contribution in [3.05, 3.63) is 81.8 Å². The van der Waals surface area contributed by atoms with Crippen molar-refractivity contribution in [2.45, 2.75) is 162 Å². The number of rotatable bonds is 28. The number of anilines is 1. The van der Waals surface area contributed by atoms with Crippen molar-refractivity contribution in [2.75, 3.05) is 26.0 Å². The number of aromatic nitrogens is 1. The Hall–Kier alpha value is -6.25. The standard InChI is InChI=1S/C55H80N8O11S/c1-11-34(6)48(61-51(69)44-19-15-16-26-63(44,10)30-38-20-22-39(23-21-38)57-49(67)41(24-25-46(65)66)59-52(70)47(56)33(4)5)54(71)62(9)43(32(2)3)29-45(74-36(8)64)53-60-42(31-75-53)50(68)58-40(27-35(7)55(72)73)28-37-17-13-12-14-18-37/h12-14,17-18,20-23,31-35,40-41,43-45,47-48H,11,15-16,19,24-30,56H2,1-10H3,(H5-,57,58,59,61,65,66,67,68,69,70,72,73)/p+1/t34-,35-,40+,41?,43+,44+,45+,47?,48-,63?/m0/s1. The van der Waals surface area contributed by atoms with Gasteiger partial charge in [-0.1, -0.05) is 97.4 Å². The summed E-state index contributed by atoms with van der Waals surface area (Å²) in [5, 5.41) is 32.4. The zero-order valence-corrected chi connectivity index (χ0v) is 46.1. The molecule has 0 spiro atoms. The quantitative estimate of drug-likeness (QED) is 0.0322. The molecule has 0 saturated carbocycles. The van der Waals surface area contributed by atoms with Gasteiger partial charge in [0.1, 0.15) is 29.3 Å². The third kappa shape index (κ3) is 18.2. The number of carbonyl (C=O) groups excluding carboxylic acids is 6. The summed E-state index contributed by atoms with van der Waals surface area (Å²) < 4.78 is 6.22. The van der Waals surface area contributed by atoms with Crippen molar-refractivity contribution in [2.24, 2.45) is 29.4 Å². The number of likely N-dealkylation sites (tertiary alicyclic amines) is 1. The highest BCUT2D eigenvalue weighted by Gasteiger charge is 2.44. The monoisotopic (exact) mass is 1060 g/mol. The molecule has 2 aromatic carbocycles. The van der Waals surface area contributed by atoms with Crippen LogP contribution in [0.1, 0.15) is 139 Å². The highest BCUT2D eigenvalue weighted by Crippen LogP contribution is 2.32. The summed E-state index contributed by atoms with van der Waals surface area (Å²) >= 11 is 1.15. The van der Waals surface area contributed by atoms with Gasteiger partial charge < -0.3 is 51.3 Å². The lowest BCUT2D eigenvalue weighted by atomic mass is 9.92. The van der Waals surface area contributed by atoms with Gasteiger partial charge in [0.05, 0.1) is 25.6 Å². The van der Waals surface area contributed by atoms with Crippen LogP contribution in [-0.4, -0.2) is 129 Å². The maximum Gasteiger partial charge on any atom is 0.306 e. The second-order valence-corrected chi connectivity index (χ2v) is 22.1. The predicted octanol–water partition coefficient (Wildman–Crippen LogP) is 6.07. The number of amides is 5. The molecule has 1 aliphatic heterocycles. The van der Waals surface area contributed by atoms with E-state index in [1.165, 1.54) is 6.92 Å². The number of carboxylic acids is 2. The molecule has 0 radical (unpaired) electrons. The van der Waals surface area contributed by atoms with Gasteiger partial charge in [-0.2, -0.15) is 0 Å². The number of hydrogen-bond donors (Lipinski definition) is 7. The Bertz CT molecular complexity index is 2420. The first-order chi connectivity index (χ1) is 35.3. The fourth-order valence-electron chi connectivity index (χ4n) is 9.56. The fourth-order valence-corrected chi connectivity index (χ4v) is 10.4. The Morgan fingerprint density at radius 1 is 0.867 bits per heavy atom. The van der Waals surface area contributed by atoms with E-state index in [9.17, 15) is 48.6 Å². The largest absolute Gasteiger partial charge is 0.481 e. The number of carbonyl (C=O) groups is 8. The van der Waals surface area contributed by atoms with Crippen LogP contribution in [0.25, 0.3) is 0 Å². The van der Waals surface area contributed by atoms with Gasteiger partial charge in [0.15, 0.2) is 12.1 Å². The van der Waals surface area contributed by atoms with Gasteiger partial charge in [0.25, 0.3) is 11.8 Å². The first kappa shape index (κ1) is 61.3. The molecule has 20 heteroatoms. The molecule has 3 aromatic rings. The second-order valence-electron chi connectivity index (χ2n) is 21.2. The van der Waals surface area contributed by atoms with Crippen LogP contribution in [0.3, 0.4) is 0 Å². The number of benzene rings is 2. The Labute approximate surface area is 445 Å². The van der Waals surface area contributed by atoms with Gasteiger partial charge in [-0.3, -0.25) is 38.4 Å². The summed E-state index contributed by atoms with van der Waals surface area (Å²) in [5.41, 5.74) is 8.34. The van der Waals surface area contributed by atoms with E-state index in [2.05, 4.69) is 26.3 Å².